The van der Waals surface area contributed by atoms with Gasteiger partial charge in [0.2, 0.25) is 0 Å². The van der Waals surface area contributed by atoms with Crippen LogP contribution in [0.3, 0.4) is 0 Å². The molecule has 0 saturated carbocycles. The minimum Gasteiger partial charge on any atom is -0.331 e. The van der Waals surface area contributed by atoms with Gasteiger partial charge < -0.3 is 10.2 Å². The first-order chi connectivity index (χ1) is 12.9. The van der Waals surface area contributed by atoms with Crippen molar-refractivity contribution in [2.24, 2.45) is 0 Å². The number of halogens is 5. The summed E-state index contributed by atoms with van der Waals surface area (Å²) in [7, 11) is 0. The normalized spacial score (nSPS) is 21.9. The second-order valence-electron chi connectivity index (χ2n) is 6.88. The molecule has 2 bridgehead atoms. The van der Waals surface area contributed by atoms with Crippen LogP contribution >= 0.6 is 24.0 Å². The molecule has 2 unspecified atom stereocenters. The Morgan fingerprint density at radius 3 is 2.50 bits per heavy atom. The number of benzene rings is 1. The van der Waals surface area contributed by atoms with Crippen LogP contribution in [0.15, 0.2) is 30.5 Å². The van der Waals surface area contributed by atoms with E-state index < -0.39 is 23.3 Å². The monoisotopic (exact) mass is 434 g/mol. The van der Waals surface area contributed by atoms with Gasteiger partial charge in [-0.15, -0.1) is 12.4 Å². The lowest BCUT2D eigenvalue weighted by Crippen LogP contribution is -2.43. The molecule has 4 rings (SSSR count). The van der Waals surface area contributed by atoms with Gasteiger partial charge in [-0.25, -0.2) is 4.68 Å². The average molecular weight is 435 g/mol. The molecule has 152 valence electrons. The van der Waals surface area contributed by atoms with Crippen LogP contribution in [0.2, 0.25) is 5.02 Å². The number of amides is 1. The Kier molecular flexibility index (Phi) is 5.93. The van der Waals surface area contributed by atoms with Gasteiger partial charge in [-0.3, -0.25) is 4.79 Å². The molecule has 0 aliphatic carbocycles. The van der Waals surface area contributed by atoms with Crippen molar-refractivity contribution in [3.8, 4) is 5.69 Å². The summed E-state index contributed by atoms with van der Waals surface area (Å²) in [5, 5.41) is 7.54. The first-order valence-electron chi connectivity index (χ1n) is 8.81. The Morgan fingerprint density at radius 1 is 1.14 bits per heavy atom. The number of hydrogen-bond donors (Lipinski definition) is 1. The maximum atomic E-state index is 13.9. The minimum absolute atomic E-state index is 0. The third-order valence-electron chi connectivity index (χ3n) is 5.23. The summed E-state index contributed by atoms with van der Waals surface area (Å²) in [5.41, 5.74) is -1.26. The first kappa shape index (κ1) is 21.0. The largest absolute Gasteiger partial charge is 0.434 e. The van der Waals surface area contributed by atoms with E-state index in [1.54, 1.807) is 4.90 Å². The van der Waals surface area contributed by atoms with Crippen LogP contribution in [0.5, 0.6) is 0 Å². The van der Waals surface area contributed by atoms with E-state index >= 15 is 0 Å². The molecular formula is C18H19Cl2F3N4O. The van der Waals surface area contributed by atoms with Crippen LogP contribution in [0.1, 0.15) is 35.3 Å². The van der Waals surface area contributed by atoms with Crippen molar-refractivity contribution in [1.29, 1.82) is 0 Å². The SMILES string of the molecule is Cl.O=C(c1cnn(-c2ccc(Cl)cc2)c1C(F)(F)F)N1C2CCNCC1CC2. The maximum absolute atomic E-state index is 13.9. The van der Waals surface area contributed by atoms with Crippen molar-refractivity contribution < 1.29 is 18.0 Å². The molecule has 1 amide bonds. The van der Waals surface area contributed by atoms with Gasteiger partial charge in [0.25, 0.3) is 5.91 Å². The van der Waals surface area contributed by atoms with Crippen molar-refractivity contribution in [3.63, 3.8) is 0 Å². The van der Waals surface area contributed by atoms with Gasteiger partial charge in [0.05, 0.1) is 17.4 Å². The van der Waals surface area contributed by atoms with Gasteiger partial charge in [-0.05, 0) is 50.1 Å². The summed E-state index contributed by atoms with van der Waals surface area (Å²) in [6.07, 6.45) is -1.32. The van der Waals surface area contributed by atoms with E-state index in [1.165, 1.54) is 24.3 Å². The van der Waals surface area contributed by atoms with Crippen LogP contribution in [0, 0.1) is 0 Å². The third kappa shape index (κ3) is 3.73. The van der Waals surface area contributed by atoms with Crippen LogP contribution in [-0.2, 0) is 6.18 Å². The van der Waals surface area contributed by atoms with E-state index in [9.17, 15) is 18.0 Å². The Morgan fingerprint density at radius 2 is 1.82 bits per heavy atom. The number of hydrogen-bond acceptors (Lipinski definition) is 3. The molecule has 0 spiro atoms. The molecule has 10 heteroatoms. The molecule has 2 atom stereocenters. The number of carbonyl (C=O) groups is 1. The molecular weight excluding hydrogens is 416 g/mol. The Bertz CT molecular complexity index is 840. The number of rotatable bonds is 2. The van der Waals surface area contributed by atoms with Crippen molar-refractivity contribution in [2.45, 2.75) is 37.5 Å². The first-order valence-corrected chi connectivity index (χ1v) is 9.18. The second kappa shape index (κ2) is 7.93. The maximum Gasteiger partial charge on any atom is 0.434 e. The highest BCUT2D eigenvalue weighted by Crippen LogP contribution is 2.36. The molecule has 1 aromatic heterocycles. The zero-order chi connectivity index (χ0) is 19.2. The van der Waals surface area contributed by atoms with E-state index in [0.717, 1.165) is 36.7 Å². The zero-order valence-electron chi connectivity index (χ0n) is 14.7. The van der Waals surface area contributed by atoms with Gasteiger partial charge in [0, 0.05) is 23.7 Å². The molecule has 0 radical (unpaired) electrons. The van der Waals surface area contributed by atoms with E-state index in [4.69, 9.17) is 11.6 Å². The fraction of sp³-hybridized carbons (Fsp3) is 0.444. The van der Waals surface area contributed by atoms with E-state index in [-0.39, 0.29) is 30.2 Å². The molecule has 3 heterocycles. The fourth-order valence-electron chi connectivity index (χ4n) is 4.01. The molecule has 28 heavy (non-hydrogen) atoms. The molecule has 5 nitrogen and oxygen atoms in total. The Hall–Kier alpha value is -1.77. The number of aromatic nitrogens is 2. The third-order valence-corrected chi connectivity index (χ3v) is 5.48. The summed E-state index contributed by atoms with van der Waals surface area (Å²) >= 11 is 5.82. The molecule has 2 aliphatic heterocycles. The van der Waals surface area contributed by atoms with Crippen LogP contribution in [0.4, 0.5) is 13.2 Å². The summed E-state index contributed by atoms with van der Waals surface area (Å²) in [4.78, 5) is 14.7. The van der Waals surface area contributed by atoms with E-state index in [1.807, 2.05) is 0 Å². The van der Waals surface area contributed by atoms with Gasteiger partial charge in [-0.2, -0.15) is 18.3 Å². The smallest absolute Gasteiger partial charge is 0.331 e. The molecule has 1 N–H and O–H groups in total. The minimum atomic E-state index is -4.72. The van der Waals surface area contributed by atoms with Gasteiger partial charge in [0.1, 0.15) is 0 Å². The van der Waals surface area contributed by atoms with Crippen LogP contribution < -0.4 is 5.32 Å². The predicted molar refractivity (Wildman–Crippen MR) is 101 cm³/mol. The predicted octanol–water partition coefficient (Wildman–Crippen LogP) is 3.93. The number of carbonyl (C=O) groups excluding carboxylic acids is 1. The van der Waals surface area contributed by atoms with Gasteiger partial charge in [-0.1, -0.05) is 11.6 Å². The van der Waals surface area contributed by atoms with Crippen LogP contribution in [-0.4, -0.2) is 45.8 Å². The number of nitrogens with zero attached hydrogens (tertiary/aromatic N) is 3. The number of alkyl halides is 3. The van der Waals surface area contributed by atoms with Crippen molar-refractivity contribution in [3.05, 3.63) is 46.7 Å². The Labute approximate surface area is 171 Å². The molecule has 2 saturated heterocycles. The number of nitrogens with one attached hydrogen (secondary N) is 1. The van der Waals surface area contributed by atoms with Gasteiger partial charge >= 0.3 is 6.18 Å². The lowest BCUT2D eigenvalue weighted by atomic mass is 10.1. The quantitative estimate of drug-likeness (QED) is 0.778. The highest BCUT2D eigenvalue weighted by molar-refractivity contribution is 6.30. The standard InChI is InChI=1S/C18H18ClF3N4O.ClH/c19-11-1-3-13(4-2-11)26-16(18(20,21)22)15(10-24-26)17(27)25-12-5-6-14(25)9-23-8-7-12;/h1-4,10,12,14,23H,5-9H2;1H. The number of fused-ring (bicyclic) bond motifs is 2. The Balaban J connectivity index is 0.00000225. The highest BCUT2D eigenvalue weighted by atomic mass is 35.5. The summed E-state index contributed by atoms with van der Waals surface area (Å²) in [5.74, 6) is -0.598. The van der Waals surface area contributed by atoms with Crippen molar-refractivity contribution in [2.75, 3.05) is 13.1 Å². The van der Waals surface area contributed by atoms with E-state index in [2.05, 4.69) is 10.4 Å². The average Bonchev–Trinajstić information content (AvgIpc) is 3.15. The van der Waals surface area contributed by atoms with Gasteiger partial charge in [0.15, 0.2) is 5.69 Å². The van der Waals surface area contributed by atoms with Crippen molar-refractivity contribution in [1.82, 2.24) is 20.0 Å². The molecule has 2 fully saturated rings. The summed E-state index contributed by atoms with van der Waals surface area (Å²) < 4.78 is 42.3. The lowest BCUT2D eigenvalue weighted by molar-refractivity contribution is -0.143. The molecule has 1 aromatic carbocycles. The fourth-order valence-corrected chi connectivity index (χ4v) is 4.13. The summed E-state index contributed by atoms with van der Waals surface area (Å²) in [6.45, 7) is 1.37. The molecule has 2 aliphatic rings. The summed E-state index contributed by atoms with van der Waals surface area (Å²) in [6, 6.07) is 5.75. The van der Waals surface area contributed by atoms with E-state index in [0.29, 0.717) is 11.6 Å². The topological polar surface area (TPSA) is 50.2 Å². The highest BCUT2D eigenvalue weighted by Gasteiger charge is 2.45. The lowest BCUT2D eigenvalue weighted by Gasteiger charge is -2.28. The second-order valence-corrected chi connectivity index (χ2v) is 7.32. The molecule has 2 aromatic rings. The van der Waals surface area contributed by atoms with Crippen molar-refractivity contribution >= 4 is 29.9 Å². The zero-order valence-corrected chi connectivity index (χ0v) is 16.3. The van der Waals surface area contributed by atoms with Crippen LogP contribution in [0.25, 0.3) is 5.69 Å².